The van der Waals surface area contributed by atoms with Crippen molar-refractivity contribution in [1.82, 2.24) is 4.98 Å². The molecule has 0 radical (unpaired) electrons. The van der Waals surface area contributed by atoms with Crippen molar-refractivity contribution in [3.63, 3.8) is 0 Å². The van der Waals surface area contributed by atoms with Crippen LogP contribution in [0.2, 0.25) is 0 Å². The molecule has 104 valence electrons. The maximum absolute atomic E-state index is 12.2. The predicted octanol–water partition coefficient (Wildman–Crippen LogP) is 3.12. The van der Waals surface area contributed by atoms with Gasteiger partial charge < -0.3 is 15.4 Å². The Hall–Kier alpha value is -3.08. The third-order valence-electron chi connectivity index (χ3n) is 3.18. The van der Waals surface area contributed by atoms with Crippen LogP contribution in [0.4, 0.5) is 5.69 Å². The fourth-order valence-electron chi connectivity index (χ4n) is 2.12. The molecule has 5 nitrogen and oxygen atoms in total. The number of H-pyrrole nitrogens is 1. The number of amides is 1. The summed E-state index contributed by atoms with van der Waals surface area (Å²) in [6.45, 7) is 0. The van der Waals surface area contributed by atoms with Crippen LogP contribution in [0.1, 0.15) is 20.7 Å². The van der Waals surface area contributed by atoms with Crippen LogP contribution >= 0.6 is 0 Å². The average Bonchev–Trinajstić information content (AvgIpc) is 2.94. The Balaban J connectivity index is 1.85. The third-order valence-corrected chi connectivity index (χ3v) is 3.18. The smallest absolute Gasteiger partial charge is 0.335 e. The van der Waals surface area contributed by atoms with Crippen molar-refractivity contribution in [2.24, 2.45) is 0 Å². The van der Waals surface area contributed by atoms with Gasteiger partial charge in [0.05, 0.1) is 5.56 Å². The Morgan fingerprint density at radius 2 is 1.86 bits per heavy atom. The van der Waals surface area contributed by atoms with Gasteiger partial charge in [0.2, 0.25) is 0 Å². The number of aromatic carboxylic acids is 1. The van der Waals surface area contributed by atoms with Crippen molar-refractivity contribution < 1.29 is 14.7 Å². The lowest BCUT2D eigenvalue weighted by Crippen LogP contribution is -2.12. The maximum Gasteiger partial charge on any atom is 0.335 e. The highest BCUT2D eigenvalue weighted by Gasteiger charge is 2.09. The number of carboxylic acids is 1. The van der Waals surface area contributed by atoms with E-state index in [1.807, 2.05) is 18.3 Å². The molecule has 3 aromatic rings. The molecule has 1 amide bonds. The fourth-order valence-corrected chi connectivity index (χ4v) is 2.12. The highest BCUT2D eigenvalue weighted by molar-refractivity contribution is 6.06. The van der Waals surface area contributed by atoms with Gasteiger partial charge in [-0.15, -0.1) is 0 Å². The van der Waals surface area contributed by atoms with Crippen LogP contribution in [0.15, 0.2) is 54.7 Å². The van der Waals surface area contributed by atoms with E-state index in [-0.39, 0.29) is 11.5 Å². The fraction of sp³-hybridized carbons (Fsp3) is 0. The summed E-state index contributed by atoms with van der Waals surface area (Å²) in [7, 11) is 0. The van der Waals surface area contributed by atoms with Crippen LogP contribution in [-0.4, -0.2) is 22.0 Å². The lowest BCUT2D eigenvalue weighted by atomic mass is 10.1. The molecule has 0 spiro atoms. The molecule has 3 rings (SSSR count). The van der Waals surface area contributed by atoms with Crippen molar-refractivity contribution in [3.8, 4) is 0 Å². The second kappa shape index (κ2) is 5.13. The first kappa shape index (κ1) is 12.9. The zero-order valence-corrected chi connectivity index (χ0v) is 11.0. The van der Waals surface area contributed by atoms with E-state index in [0.717, 1.165) is 10.9 Å². The summed E-state index contributed by atoms with van der Waals surface area (Å²) >= 11 is 0. The van der Waals surface area contributed by atoms with Gasteiger partial charge in [-0.3, -0.25) is 4.79 Å². The molecule has 3 N–H and O–H groups in total. The standard InChI is InChI=1S/C16H12N2O3/c19-15(11-5-4-10-6-7-17-14(10)9-11)18-13-3-1-2-12(8-13)16(20)21/h1-9,17H,(H,18,19)(H,20,21). The normalized spacial score (nSPS) is 10.5. The minimum Gasteiger partial charge on any atom is -0.478 e. The zero-order chi connectivity index (χ0) is 14.8. The van der Waals surface area contributed by atoms with Gasteiger partial charge in [-0.2, -0.15) is 0 Å². The van der Waals surface area contributed by atoms with Gasteiger partial charge >= 0.3 is 5.97 Å². The average molecular weight is 280 g/mol. The minimum absolute atomic E-state index is 0.132. The molecule has 0 atom stereocenters. The number of benzene rings is 2. The first-order valence-electron chi connectivity index (χ1n) is 6.35. The summed E-state index contributed by atoms with van der Waals surface area (Å²) in [5.74, 6) is -1.31. The van der Waals surface area contributed by atoms with E-state index in [9.17, 15) is 9.59 Å². The second-order valence-electron chi connectivity index (χ2n) is 4.62. The first-order chi connectivity index (χ1) is 10.1. The monoisotopic (exact) mass is 280 g/mol. The van der Waals surface area contributed by atoms with E-state index in [1.165, 1.54) is 12.1 Å². The van der Waals surface area contributed by atoms with Crippen LogP contribution in [0.25, 0.3) is 10.9 Å². The Labute approximate surface area is 120 Å². The van der Waals surface area contributed by atoms with Crippen molar-refractivity contribution in [2.75, 3.05) is 5.32 Å². The molecule has 0 aliphatic rings. The molecule has 0 saturated carbocycles. The van der Waals surface area contributed by atoms with E-state index in [2.05, 4.69) is 10.3 Å². The summed E-state index contributed by atoms with van der Waals surface area (Å²) in [6, 6.07) is 13.4. The zero-order valence-electron chi connectivity index (χ0n) is 11.0. The summed E-state index contributed by atoms with van der Waals surface area (Å²) < 4.78 is 0. The number of hydrogen-bond donors (Lipinski definition) is 3. The van der Waals surface area contributed by atoms with E-state index >= 15 is 0 Å². The number of aromatic nitrogens is 1. The Morgan fingerprint density at radius 3 is 2.67 bits per heavy atom. The SMILES string of the molecule is O=C(O)c1cccc(NC(=O)c2ccc3cc[nH]c3c2)c1. The summed E-state index contributed by atoms with van der Waals surface area (Å²) in [5.41, 5.74) is 1.96. The number of carbonyl (C=O) groups excluding carboxylic acids is 1. The van der Waals surface area contributed by atoms with Crippen LogP contribution in [0, 0.1) is 0 Å². The van der Waals surface area contributed by atoms with Gasteiger partial charge in [0.25, 0.3) is 5.91 Å². The van der Waals surface area contributed by atoms with E-state index in [0.29, 0.717) is 11.3 Å². The molecule has 0 saturated heterocycles. The molecular formula is C16H12N2O3. The van der Waals surface area contributed by atoms with Gasteiger partial charge in [-0.1, -0.05) is 12.1 Å². The summed E-state index contributed by atoms with van der Waals surface area (Å²) in [5, 5.41) is 12.7. The molecule has 0 unspecified atom stereocenters. The Kier molecular flexibility index (Phi) is 3.16. The van der Waals surface area contributed by atoms with Crippen molar-refractivity contribution in [1.29, 1.82) is 0 Å². The van der Waals surface area contributed by atoms with E-state index in [1.54, 1.807) is 24.3 Å². The quantitative estimate of drug-likeness (QED) is 0.689. The third kappa shape index (κ3) is 2.62. The van der Waals surface area contributed by atoms with Gasteiger partial charge in [-0.05, 0) is 41.8 Å². The molecule has 1 heterocycles. The number of hydrogen-bond acceptors (Lipinski definition) is 2. The van der Waals surface area contributed by atoms with E-state index < -0.39 is 5.97 Å². The molecule has 1 aromatic heterocycles. The first-order valence-corrected chi connectivity index (χ1v) is 6.35. The number of carbonyl (C=O) groups is 2. The van der Waals surface area contributed by atoms with Crippen molar-refractivity contribution >= 4 is 28.5 Å². The van der Waals surface area contributed by atoms with Gasteiger partial charge in [0, 0.05) is 23.0 Å². The maximum atomic E-state index is 12.2. The largest absolute Gasteiger partial charge is 0.478 e. The van der Waals surface area contributed by atoms with Gasteiger partial charge in [0.15, 0.2) is 0 Å². The second-order valence-corrected chi connectivity index (χ2v) is 4.62. The number of rotatable bonds is 3. The number of fused-ring (bicyclic) bond motifs is 1. The predicted molar refractivity (Wildman–Crippen MR) is 79.7 cm³/mol. The number of carboxylic acid groups (broad SMARTS) is 1. The Bertz CT molecular complexity index is 836. The van der Waals surface area contributed by atoms with Crippen LogP contribution in [0.5, 0.6) is 0 Å². The van der Waals surface area contributed by atoms with E-state index in [4.69, 9.17) is 5.11 Å². The molecular weight excluding hydrogens is 268 g/mol. The highest BCUT2D eigenvalue weighted by atomic mass is 16.4. The Morgan fingerprint density at radius 1 is 1.00 bits per heavy atom. The topological polar surface area (TPSA) is 82.2 Å². The highest BCUT2D eigenvalue weighted by Crippen LogP contribution is 2.16. The number of aromatic amines is 1. The van der Waals surface area contributed by atoms with Crippen molar-refractivity contribution in [2.45, 2.75) is 0 Å². The minimum atomic E-state index is -1.03. The van der Waals surface area contributed by atoms with Crippen LogP contribution in [-0.2, 0) is 0 Å². The van der Waals surface area contributed by atoms with Crippen LogP contribution in [0.3, 0.4) is 0 Å². The van der Waals surface area contributed by atoms with Gasteiger partial charge in [0.1, 0.15) is 0 Å². The molecule has 21 heavy (non-hydrogen) atoms. The lowest BCUT2D eigenvalue weighted by molar-refractivity contribution is 0.0696. The molecule has 0 aliphatic carbocycles. The number of anilines is 1. The lowest BCUT2D eigenvalue weighted by Gasteiger charge is -2.06. The molecule has 0 aliphatic heterocycles. The molecule has 0 fully saturated rings. The van der Waals surface area contributed by atoms with Gasteiger partial charge in [-0.25, -0.2) is 4.79 Å². The number of nitrogens with one attached hydrogen (secondary N) is 2. The molecule has 0 bridgehead atoms. The molecule has 2 aromatic carbocycles. The summed E-state index contributed by atoms with van der Waals surface area (Å²) in [6.07, 6.45) is 1.81. The van der Waals surface area contributed by atoms with Crippen molar-refractivity contribution in [3.05, 3.63) is 65.9 Å². The van der Waals surface area contributed by atoms with Crippen LogP contribution < -0.4 is 5.32 Å². The molecule has 5 heteroatoms. The summed E-state index contributed by atoms with van der Waals surface area (Å²) in [4.78, 5) is 26.1.